The first-order valence-corrected chi connectivity index (χ1v) is 5.83. The van der Waals surface area contributed by atoms with Gasteiger partial charge in [0.1, 0.15) is 0 Å². The summed E-state index contributed by atoms with van der Waals surface area (Å²) in [5, 5.41) is 3.34. The maximum Gasteiger partial charge on any atom is 0.290 e. The smallest absolute Gasteiger partial charge is 0.290 e. The molecule has 0 aliphatic carbocycles. The van der Waals surface area contributed by atoms with Crippen molar-refractivity contribution in [3.8, 4) is 0 Å². The van der Waals surface area contributed by atoms with E-state index in [9.17, 15) is 4.79 Å². The van der Waals surface area contributed by atoms with Gasteiger partial charge in [-0.15, -0.1) is 0 Å². The van der Waals surface area contributed by atoms with Gasteiger partial charge in [0.25, 0.3) is 5.91 Å². The lowest BCUT2D eigenvalue weighted by atomic mass is 9.83. The molecule has 3 heterocycles. The zero-order chi connectivity index (χ0) is 11.1. The first-order chi connectivity index (χ1) is 7.77. The molecule has 2 saturated heterocycles. The number of aryl methyl sites for hydroxylation is 1. The predicted octanol–water partition coefficient (Wildman–Crippen LogP) is 1.02. The summed E-state index contributed by atoms with van der Waals surface area (Å²) in [6, 6.07) is 2.22. The second kappa shape index (κ2) is 3.63. The van der Waals surface area contributed by atoms with E-state index in [0.29, 0.717) is 17.7 Å². The molecular formula is C12H16N2O2. The molecule has 4 nitrogen and oxygen atoms in total. The molecule has 0 saturated carbocycles. The zero-order valence-corrected chi connectivity index (χ0v) is 9.40. The monoisotopic (exact) mass is 220 g/mol. The van der Waals surface area contributed by atoms with Crippen LogP contribution in [0.3, 0.4) is 0 Å². The maximum atomic E-state index is 12.2. The van der Waals surface area contributed by atoms with Gasteiger partial charge in [0.2, 0.25) is 0 Å². The highest BCUT2D eigenvalue weighted by molar-refractivity contribution is 5.93. The van der Waals surface area contributed by atoms with Crippen LogP contribution in [-0.4, -0.2) is 36.5 Å². The Bertz CT molecular complexity index is 413. The van der Waals surface area contributed by atoms with Gasteiger partial charge in [0.05, 0.1) is 6.26 Å². The summed E-state index contributed by atoms with van der Waals surface area (Å²) in [6.45, 7) is 4.82. The number of nitrogens with zero attached hydrogens (tertiary/aromatic N) is 1. The molecular weight excluding hydrogens is 204 g/mol. The molecule has 0 radical (unpaired) electrons. The van der Waals surface area contributed by atoms with Gasteiger partial charge in [0, 0.05) is 24.7 Å². The van der Waals surface area contributed by atoms with Crippen LogP contribution in [0.5, 0.6) is 0 Å². The molecule has 2 aliphatic rings. The van der Waals surface area contributed by atoms with Crippen LogP contribution >= 0.6 is 0 Å². The molecule has 0 bridgehead atoms. The lowest BCUT2D eigenvalue weighted by Gasteiger charge is -2.50. The van der Waals surface area contributed by atoms with Crippen molar-refractivity contribution in [3.63, 3.8) is 0 Å². The van der Waals surface area contributed by atoms with Crippen LogP contribution in [0.2, 0.25) is 0 Å². The van der Waals surface area contributed by atoms with Crippen molar-refractivity contribution < 1.29 is 9.21 Å². The van der Waals surface area contributed by atoms with Gasteiger partial charge in [-0.1, -0.05) is 0 Å². The first-order valence-electron chi connectivity index (χ1n) is 5.83. The van der Waals surface area contributed by atoms with E-state index >= 15 is 0 Å². The minimum absolute atomic E-state index is 0.0486. The van der Waals surface area contributed by atoms with Crippen molar-refractivity contribution in [2.75, 3.05) is 19.6 Å². The molecule has 1 aromatic heterocycles. The zero-order valence-electron chi connectivity index (χ0n) is 9.40. The van der Waals surface area contributed by atoms with Crippen LogP contribution in [0, 0.1) is 12.8 Å². The lowest BCUT2D eigenvalue weighted by Crippen LogP contribution is -2.65. The number of carbonyl (C=O) groups is 1. The van der Waals surface area contributed by atoms with Gasteiger partial charge in [0.15, 0.2) is 5.76 Å². The average molecular weight is 220 g/mol. The Morgan fingerprint density at radius 3 is 3.19 bits per heavy atom. The number of carbonyl (C=O) groups excluding carboxylic acids is 1. The van der Waals surface area contributed by atoms with E-state index in [1.54, 1.807) is 6.26 Å². The van der Waals surface area contributed by atoms with Crippen molar-refractivity contribution in [1.29, 1.82) is 0 Å². The summed E-state index contributed by atoms with van der Waals surface area (Å²) in [5.41, 5.74) is 0.928. The van der Waals surface area contributed by atoms with Crippen molar-refractivity contribution >= 4 is 5.91 Å². The van der Waals surface area contributed by atoms with Gasteiger partial charge in [-0.3, -0.25) is 4.79 Å². The van der Waals surface area contributed by atoms with Crippen molar-refractivity contribution in [2.45, 2.75) is 19.4 Å². The molecule has 2 atom stereocenters. The number of hydrogen-bond donors (Lipinski definition) is 1. The van der Waals surface area contributed by atoms with E-state index in [4.69, 9.17) is 4.42 Å². The van der Waals surface area contributed by atoms with Crippen LogP contribution in [-0.2, 0) is 0 Å². The number of amides is 1. The fourth-order valence-electron chi connectivity index (χ4n) is 2.68. The average Bonchev–Trinajstić information content (AvgIpc) is 2.66. The van der Waals surface area contributed by atoms with E-state index in [2.05, 4.69) is 5.32 Å². The summed E-state index contributed by atoms with van der Waals surface area (Å²) in [6.07, 6.45) is 2.77. The Morgan fingerprint density at radius 1 is 1.62 bits per heavy atom. The normalized spacial score (nSPS) is 28.4. The van der Waals surface area contributed by atoms with Crippen molar-refractivity contribution in [1.82, 2.24) is 10.2 Å². The molecule has 2 aliphatic heterocycles. The fourth-order valence-corrected chi connectivity index (χ4v) is 2.68. The number of piperidine rings is 1. The maximum absolute atomic E-state index is 12.2. The predicted molar refractivity (Wildman–Crippen MR) is 59.2 cm³/mol. The van der Waals surface area contributed by atoms with E-state index in [0.717, 1.165) is 25.2 Å². The minimum Gasteiger partial charge on any atom is -0.459 e. The van der Waals surface area contributed by atoms with Gasteiger partial charge < -0.3 is 14.6 Å². The number of fused-ring (bicyclic) bond motifs is 1. The van der Waals surface area contributed by atoms with Crippen molar-refractivity contribution in [3.05, 3.63) is 23.7 Å². The van der Waals surface area contributed by atoms with E-state index in [1.807, 2.05) is 17.9 Å². The van der Waals surface area contributed by atoms with Gasteiger partial charge >= 0.3 is 0 Å². The molecule has 3 rings (SSSR count). The third-order valence-electron chi connectivity index (χ3n) is 3.74. The molecule has 4 heteroatoms. The quantitative estimate of drug-likeness (QED) is 0.768. The van der Waals surface area contributed by atoms with Crippen LogP contribution in [0.15, 0.2) is 16.7 Å². The molecule has 2 unspecified atom stereocenters. The minimum atomic E-state index is 0.0486. The summed E-state index contributed by atoms with van der Waals surface area (Å²) in [7, 11) is 0. The van der Waals surface area contributed by atoms with Crippen molar-refractivity contribution in [2.24, 2.45) is 5.92 Å². The summed E-state index contributed by atoms with van der Waals surface area (Å²) in [5.74, 6) is 1.25. The highest BCUT2D eigenvalue weighted by Gasteiger charge is 2.43. The highest BCUT2D eigenvalue weighted by atomic mass is 16.3. The standard InChI is InChI=1S/C12H16N2O2/c1-8-3-5-16-11(8)12(15)14-7-9-2-4-13-6-10(9)14/h3,5,9-10,13H,2,4,6-7H2,1H3. The Balaban J connectivity index is 1.75. The number of likely N-dealkylation sites (tertiary alicyclic amines) is 1. The summed E-state index contributed by atoms with van der Waals surface area (Å²) in [4.78, 5) is 14.1. The molecule has 1 N–H and O–H groups in total. The van der Waals surface area contributed by atoms with E-state index in [-0.39, 0.29) is 5.91 Å². The summed E-state index contributed by atoms with van der Waals surface area (Å²) < 4.78 is 5.25. The first kappa shape index (κ1) is 9.90. The molecule has 0 spiro atoms. The van der Waals surface area contributed by atoms with Crippen LogP contribution in [0.4, 0.5) is 0 Å². The van der Waals surface area contributed by atoms with E-state index in [1.165, 1.54) is 6.42 Å². The van der Waals surface area contributed by atoms with Crippen LogP contribution < -0.4 is 5.32 Å². The molecule has 86 valence electrons. The topological polar surface area (TPSA) is 45.5 Å². The molecule has 2 fully saturated rings. The second-order valence-electron chi connectivity index (χ2n) is 4.71. The highest BCUT2D eigenvalue weighted by Crippen LogP contribution is 2.31. The van der Waals surface area contributed by atoms with E-state index < -0.39 is 0 Å². The van der Waals surface area contributed by atoms with Gasteiger partial charge in [-0.2, -0.15) is 0 Å². The van der Waals surface area contributed by atoms with Crippen LogP contribution in [0.25, 0.3) is 0 Å². The Hall–Kier alpha value is -1.29. The SMILES string of the molecule is Cc1ccoc1C(=O)N1CC2CCNCC21. The Labute approximate surface area is 94.6 Å². The molecule has 1 amide bonds. The Morgan fingerprint density at radius 2 is 2.50 bits per heavy atom. The third-order valence-corrected chi connectivity index (χ3v) is 3.74. The number of furan rings is 1. The Kier molecular flexibility index (Phi) is 2.24. The number of hydrogen-bond acceptors (Lipinski definition) is 3. The van der Waals surface area contributed by atoms with Gasteiger partial charge in [-0.25, -0.2) is 0 Å². The van der Waals surface area contributed by atoms with Gasteiger partial charge in [-0.05, 0) is 31.9 Å². The fraction of sp³-hybridized carbons (Fsp3) is 0.583. The number of nitrogens with one attached hydrogen (secondary N) is 1. The summed E-state index contributed by atoms with van der Waals surface area (Å²) >= 11 is 0. The number of rotatable bonds is 1. The molecule has 0 aromatic carbocycles. The largest absolute Gasteiger partial charge is 0.459 e. The van der Waals surface area contributed by atoms with Crippen LogP contribution in [0.1, 0.15) is 22.5 Å². The molecule has 1 aromatic rings. The lowest BCUT2D eigenvalue weighted by molar-refractivity contribution is 0.000355. The third kappa shape index (κ3) is 1.37. The molecule has 16 heavy (non-hydrogen) atoms. The second-order valence-corrected chi connectivity index (χ2v) is 4.71.